The van der Waals surface area contributed by atoms with Gasteiger partial charge in [-0.1, -0.05) is 63.5 Å². The Balaban J connectivity index is 1.57. The van der Waals surface area contributed by atoms with Crippen LogP contribution in [0.2, 0.25) is 0 Å². The smallest absolute Gasteiger partial charge is 0.314 e. The summed E-state index contributed by atoms with van der Waals surface area (Å²) in [5, 5.41) is 0. The first-order valence-corrected chi connectivity index (χ1v) is 10.2. The third kappa shape index (κ3) is 5.41. The summed E-state index contributed by atoms with van der Waals surface area (Å²) in [7, 11) is 0. The summed E-state index contributed by atoms with van der Waals surface area (Å²) in [6, 6.07) is 15.0. The van der Waals surface area contributed by atoms with Crippen LogP contribution in [0.15, 0.2) is 54.6 Å². The van der Waals surface area contributed by atoms with Crippen LogP contribution in [0, 0.1) is 5.92 Å². The second-order valence-corrected chi connectivity index (χ2v) is 7.80. The fraction of sp³-hybridized carbons (Fsp3) is 0.360. The second kappa shape index (κ2) is 9.50. The highest BCUT2D eigenvalue weighted by atomic mass is 16.5. The molecule has 1 aliphatic rings. The molecule has 0 aliphatic heterocycles. The van der Waals surface area contributed by atoms with Crippen molar-refractivity contribution < 1.29 is 14.3 Å². The lowest BCUT2D eigenvalue weighted by atomic mass is 9.89. The van der Waals surface area contributed by atoms with E-state index in [1.165, 1.54) is 12.0 Å². The van der Waals surface area contributed by atoms with Gasteiger partial charge in [0.05, 0.1) is 5.92 Å². The molecule has 1 fully saturated rings. The minimum Gasteiger partial charge on any atom is -0.426 e. The van der Waals surface area contributed by atoms with Gasteiger partial charge in [0.25, 0.3) is 0 Å². The third-order valence-corrected chi connectivity index (χ3v) is 5.33. The number of ether oxygens (including phenoxy) is 1. The fourth-order valence-electron chi connectivity index (χ4n) is 3.49. The number of esters is 1. The number of allylic oxidation sites excluding steroid dienone is 1. The van der Waals surface area contributed by atoms with Crippen LogP contribution >= 0.6 is 0 Å². The molecule has 3 heteroatoms. The van der Waals surface area contributed by atoms with Gasteiger partial charge in [-0.3, -0.25) is 9.59 Å². The van der Waals surface area contributed by atoms with Gasteiger partial charge in [0, 0.05) is 5.56 Å². The maximum Gasteiger partial charge on any atom is 0.314 e. The highest BCUT2D eigenvalue weighted by molar-refractivity contribution is 6.06. The van der Waals surface area contributed by atoms with Gasteiger partial charge in [0.1, 0.15) is 5.75 Å². The van der Waals surface area contributed by atoms with Crippen LogP contribution < -0.4 is 4.74 Å². The molecule has 0 heterocycles. The summed E-state index contributed by atoms with van der Waals surface area (Å²) in [6.07, 6.45) is 8.63. The first kappa shape index (κ1) is 20.1. The van der Waals surface area contributed by atoms with E-state index in [2.05, 4.69) is 26.0 Å². The van der Waals surface area contributed by atoms with Crippen molar-refractivity contribution in [2.75, 3.05) is 0 Å². The zero-order valence-electron chi connectivity index (χ0n) is 16.7. The quantitative estimate of drug-likeness (QED) is 0.261. The largest absolute Gasteiger partial charge is 0.426 e. The van der Waals surface area contributed by atoms with E-state index in [-0.39, 0.29) is 17.7 Å². The van der Waals surface area contributed by atoms with Gasteiger partial charge in [-0.2, -0.15) is 0 Å². The summed E-state index contributed by atoms with van der Waals surface area (Å²) in [5.41, 5.74) is 2.85. The van der Waals surface area contributed by atoms with Crippen LogP contribution in [0.25, 0.3) is 6.08 Å². The van der Waals surface area contributed by atoms with E-state index in [4.69, 9.17) is 4.74 Å². The SMILES string of the molecule is CC(C)c1ccc(/C=C/C(=O)c2ccc(OC(=O)C3CCCCC3)cc2)cc1. The Morgan fingerprint density at radius 2 is 1.57 bits per heavy atom. The minimum atomic E-state index is -0.150. The lowest BCUT2D eigenvalue weighted by molar-refractivity contribution is -0.139. The molecule has 2 aromatic rings. The zero-order valence-corrected chi connectivity index (χ0v) is 16.7. The van der Waals surface area contributed by atoms with Crippen LogP contribution in [-0.2, 0) is 4.79 Å². The molecule has 0 radical (unpaired) electrons. The van der Waals surface area contributed by atoms with E-state index < -0.39 is 0 Å². The average Bonchev–Trinajstić information content (AvgIpc) is 2.73. The van der Waals surface area contributed by atoms with Gasteiger partial charge >= 0.3 is 5.97 Å². The highest BCUT2D eigenvalue weighted by Crippen LogP contribution is 2.26. The van der Waals surface area contributed by atoms with Crippen LogP contribution in [0.1, 0.15) is 73.4 Å². The van der Waals surface area contributed by atoms with Crippen molar-refractivity contribution in [3.8, 4) is 5.75 Å². The standard InChI is InChI=1S/C25H28O3/c1-18(2)20-11-8-19(9-12-20)10-17-24(26)21-13-15-23(16-14-21)28-25(27)22-6-4-3-5-7-22/h8-18,22H,3-7H2,1-2H3/b17-10+. The molecule has 0 aromatic heterocycles. The maximum absolute atomic E-state index is 12.4. The van der Waals surface area contributed by atoms with Crippen LogP contribution in [0.5, 0.6) is 5.75 Å². The molecule has 2 aromatic carbocycles. The molecule has 0 bridgehead atoms. The van der Waals surface area contributed by atoms with Crippen molar-refractivity contribution in [2.24, 2.45) is 5.92 Å². The first-order chi connectivity index (χ1) is 13.5. The van der Waals surface area contributed by atoms with Gasteiger partial charge in [0.2, 0.25) is 0 Å². The molecule has 0 atom stereocenters. The van der Waals surface area contributed by atoms with Crippen molar-refractivity contribution in [2.45, 2.75) is 51.9 Å². The van der Waals surface area contributed by atoms with Gasteiger partial charge in [0.15, 0.2) is 5.78 Å². The number of ketones is 1. The minimum absolute atomic E-state index is 0.0140. The van der Waals surface area contributed by atoms with Gasteiger partial charge in [-0.05, 0) is 60.2 Å². The predicted octanol–water partition coefficient (Wildman–Crippen LogP) is 6.19. The summed E-state index contributed by atoms with van der Waals surface area (Å²) in [4.78, 5) is 24.6. The van der Waals surface area contributed by atoms with Gasteiger partial charge < -0.3 is 4.74 Å². The van der Waals surface area contributed by atoms with Crippen molar-refractivity contribution in [1.82, 2.24) is 0 Å². The van der Waals surface area contributed by atoms with E-state index in [9.17, 15) is 9.59 Å². The summed E-state index contributed by atoms with van der Waals surface area (Å²) < 4.78 is 5.48. The molecule has 0 N–H and O–H groups in total. The summed E-state index contributed by atoms with van der Waals surface area (Å²) in [5.74, 6) is 0.785. The average molecular weight is 376 g/mol. The Labute approximate surface area is 167 Å². The Hall–Kier alpha value is -2.68. The van der Waals surface area contributed by atoms with Crippen LogP contribution in [0.3, 0.4) is 0 Å². The van der Waals surface area contributed by atoms with E-state index in [0.29, 0.717) is 17.2 Å². The van der Waals surface area contributed by atoms with Gasteiger partial charge in [-0.15, -0.1) is 0 Å². The van der Waals surface area contributed by atoms with Crippen molar-refractivity contribution in [1.29, 1.82) is 0 Å². The molecular formula is C25H28O3. The van der Waals surface area contributed by atoms with Crippen molar-refractivity contribution >= 4 is 17.8 Å². The molecule has 28 heavy (non-hydrogen) atoms. The Morgan fingerprint density at radius 3 is 2.18 bits per heavy atom. The van der Waals surface area contributed by atoms with E-state index in [1.54, 1.807) is 30.3 Å². The number of hydrogen-bond acceptors (Lipinski definition) is 3. The van der Waals surface area contributed by atoms with E-state index in [0.717, 1.165) is 31.2 Å². The molecule has 3 rings (SSSR count). The molecule has 0 spiro atoms. The highest BCUT2D eigenvalue weighted by Gasteiger charge is 2.22. The molecule has 146 valence electrons. The molecule has 1 aliphatic carbocycles. The number of carbonyl (C=O) groups excluding carboxylic acids is 2. The van der Waals surface area contributed by atoms with E-state index >= 15 is 0 Å². The molecule has 0 unspecified atom stereocenters. The number of benzene rings is 2. The molecular weight excluding hydrogens is 348 g/mol. The summed E-state index contributed by atoms with van der Waals surface area (Å²) >= 11 is 0. The first-order valence-electron chi connectivity index (χ1n) is 10.2. The lowest BCUT2D eigenvalue weighted by Gasteiger charge is -2.19. The monoisotopic (exact) mass is 376 g/mol. The molecule has 0 saturated heterocycles. The molecule has 3 nitrogen and oxygen atoms in total. The van der Waals surface area contributed by atoms with Crippen molar-refractivity contribution in [3.05, 3.63) is 71.3 Å². The van der Waals surface area contributed by atoms with Crippen molar-refractivity contribution in [3.63, 3.8) is 0 Å². The van der Waals surface area contributed by atoms with Crippen LogP contribution in [0.4, 0.5) is 0 Å². The maximum atomic E-state index is 12.4. The third-order valence-electron chi connectivity index (χ3n) is 5.33. The molecule has 1 saturated carbocycles. The van der Waals surface area contributed by atoms with Gasteiger partial charge in [-0.25, -0.2) is 0 Å². The Bertz CT molecular complexity index is 823. The zero-order chi connectivity index (χ0) is 19.9. The summed E-state index contributed by atoms with van der Waals surface area (Å²) in [6.45, 7) is 4.31. The lowest BCUT2D eigenvalue weighted by Crippen LogP contribution is -2.22. The number of hydrogen-bond donors (Lipinski definition) is 0. The number of rotatable bonds is 6. The Morgan fingerprint density at radius 1 is 0.929 bits per heavy atom. The van der Waals surface area contributed by atoms with E-state index in [1.807, 2.05) is 18.2 Å². The fourth-order valence-corrected chi connectivity index (χ4v) is 3.49. The topological polar surface area (TPSA) is 43.4 Å². The number of carbonyl (C=O) groups is 2. The second-order valence-electron chi connectivity index (χ2n) is 7.80. The Kier molecular flexibility index (Phi) is 6.80. The predicted molar refractivity (Wildman–Crippen MR) is 113 cm³/mol. The normalized spacial score (nSPS) is 15.1. The van der Waals surface area contributed by atoms with Crippen LogP contribution in [-0.4, -0.2) is 11.8 Å². The molecule has 0 amide bonds.